The summed E-state index contributed by atoms with van der Waals surface area (Å²) in [5.41, 5.74) is -0.656. The Morgan fingerprint density at radius 1 is 1.43 bits per heavy atom. The molecule has 1 rings (SSSR count). The Bertz CT molecular complexity index is 313. The van der Waals surface area contributed by atoms with Crippen molar-refractivity contribution in [2.45, 2.75) is 39.4 Å². The highest BCUT2D eigenvalue weighted by molar-refractivity contribution is 5.00. The summed E-state index contributed by atoms with van der Waals surface area (Å²) in [5, 5.41) is 0. The van der Waals surface area contributed by atoms with Crippen molar-refractivity contribution in [1.82, 2.24) is 9.97 Å². The van der Waals surface area contributed by atoms with E-state index in [9.17, 15) is 4.39 Å². The molecule has 0 amide bonds. The Morgan fingerprint density at radius 3 is 2.57 bits per heavy atom. The summed E-state index contributed by atoms with van der Waals surface area (Å²) < 4.78 is 18.4. The number of rotatable bonds is 3. The molecule has 0 fully saturated rings. The van der Waals surface area contributed by atoms with E-state index in [1.807, 2.05) is 27.7 Å². The quantitative estimate of drug-likeness (QED) is 0.699. The van der Waals surface area contributed by atoms with Crippen molar-refractivity contribution in [3.63, 3.8) is 0 Å². The third-order valence-electron chi connectivity index (χ3n) is 1.69. The predicted molar refractivity (Wildman–Crippen MR) is 51.2 cm³/mol. The molecule has 0 atom stereocenters. The molecule has 0 aromatic carbocycles. The summed E-state index contributed by atoms with van der Waals surface area (Å²) in [6.45, 7) is 7.48. The number of nitrogens with zero attached hydrogens (tertiary/aromatic N) is 2. The highest BCUT2D eigenvalue weighted by atomic mass is 19.1. The molecule has 0 spiro atoms. The maximum absolute atomic E-state index is 12.8. The SMILES string of the molecule is CC(C)OC(C)(C)c1nccc(F)n1. The minimum Gasteiger partial charge on any atom is -0.365 e. The van der Waals surface area contributed by atoms with Crippen LogP contribution in [0.1, 0.15) is 33.5 Å². The van der Waals surface area contributed by atoms with Crippen LogP contribution < -0.4 is 0 Å². The first-order valence-corrected chi connectivity index (χ1v) is 4.58. The maximum Gasteiger partial charge on any atom is 0.216 e. The number of hydrogen-bond acceptors (Lipinski definition) is 3. The van der Waals surface area contributed by atoms with E-state index in [2.05, 4.69) is 9.97 Å². The summed E-state index contributed by atoms with van der Waals surface area (Å²) in [6.07, 6.45) is 1.44. The number of hydrogen-bond donors (Lipinski definition) is 0. The first-order chi connectivity index (χ1) is 6.42. The van der Waals surface area contributed by atoms with Crippen molar-refractivity contribution in [2.75, 3.05) is 0 Å². The lowest BCUT2D eigenvalue weighted by molar-refractivity contribution is -0.0660. The first-order valence-electron chi connectivity index (χ1n) is 4.58. The highest BCUT2D eigenvalue weighted by Gasteiger charge is 2.26. The molecular weight excluding hydrogens is 183 g/mol. The first kappa shape index (κ1) is 11.0. The van der Waals surface area contributed by atoms with Crippen LogP contribution in [0, 0.1) is 5.95 Å². The lowest BCUT2D eigenvalue weighted by Gasteiger charge is -2.25. The van der Waals surface area contributed by atoms with Crippen molar-refractivity contribution >= 4 is 0 Å². The van der Waals surface area contributed by atoms with Gasteiger partial charge < -0.3 is 4.74 Å². The molecule has 1 aromatic heterocycles. The van der Waals surface area contributed by atoms with Crippen LogP contribution >= 0.6 is 0 Å². The van der Waals surface area contributed by atoms with Crippen LogP contribution in [0.25, 0.3) is 0 Å². The van der Waals surface area contributed by atoms with E-state index in [0.717, 1.165) is 0 Å². The third-order valence-corrected chi connectivity index (χ3v) is 1.69. The van der Waals surface area contributed by atoms with E-state index in [-0.39, 0.29) is 6.10 Å². The molecule has 4 heteroatoms. The van der Waals surface area contributed by atoms with E-state index in [4.69, 9.17) is 4.74 Å². The van der Waals surface area contributed by atoms with Crippen LogP contribution in [0.4, 0.5) is 4.39 Å². The number of ether oxygens (including phenoxy) is 1. The van der Waals surface area contributed by atoms with Crippen molar-refractivity contribution < 1.29 is 9.13 Å². The van der Waals surface area contributed by atoms with Gasteiger partial charge in [0, 0.05) is 12.3 Å². The smallest absolute Gasteiger partial charge is 0.216 e. The molecule has 14 heavy (non-hydrogen) atoms. The van der Waals surface area contributed by atoms with Gasteiger partial charge >= 0.3 is 0 Å². The Hall–Kier alpha value is -1.03. The fourth-order valence-corrected chi connectivity index (χ4v) is 1.27. The lowest BCUT2D eigenvalue weighted by atomic mass is 10.1. The van der Waals surface area contributed by atoms with Gasteiger partial charge in [0.15, 0.2) is 5.82 Å². The monoisotopic (exact) mass is 198 g/mol. The minimum absolute atomic E-state index is 0.0527. The summed E-state index contributed by atoms with van der Waals surface area (Å²) in [5.74, 6) is -0.165. The van der Waals surface area contributed by atoms with Crippen molar-refractivity contribution in [1.29, 1.82) is 0 Å². The molecule has 0 saturated carbocycles. The molecule has 0 N–H and O–H groups in total. The van der Waals surface area contributed by atoms with Crippen LogP contribution in [0.2, 0.25) is 0 Å². The average Bonchev–Trinajstić information content (AvgIpc) is 2.01. The Kier molecular flexibility index (Phi) is 3.16. The van der Waals surface area contributed by atoms with Gasteiger partial charge in [-0.2, -0.15) is 4.39 Å². The average molecular weight is 198 g/mol. The topological polar surface area (TPSA) is 35.0 Å². The van der Waals surface area contributed by atoms with Gasteiger partial charge in [0.25, 0.3) is 0 Å². The van der Waals surface area contributed by atoms with Crippen LogP contribution in [0.5, 0.6) is 0 Å². The van der Waals surface area contributed by atoms with E-state index in [1.165, 1.54) is 12.3 Å². The number of halogens is 1. The van der Waals surface area contributed by atoms with Gasteiger partial charge in [-0.15, -0.1) is 0 Å². The van der Waals surface area contributed by atoms with Crippen molar-refractivity contribution in [3.8, 4) is 0 Å². The van der Waals surface area contributed by atoms with Gasteiger partial charge in [-0.3, -0.25) is 0 Å². The molecule has 0 radical (unpaired) electrons. The minimum atomic E-state index is -0.656. The zero-order chi connectivity index (χ0) is 10.8. The van der Waals surface area contributed by atoms with Gasteiger partial charge in [-0.1, -0.05) is 0 Å². The van der Waals surface area contributed by atoms with E-state index in [0.29, 0.717) is 5.82 Å². The van der Waals surface area contributed by atoms with Crippen molar-refractivity contribution in [3.05, 3.63) is 24.0 Å². The Morgan fingerprint density at radius 2 is 2.07 bits per heavy atom. The summed E-state index contributed by atoms with van der Waals surface area (Å²) >= 11 is 0. The largest absolute Gasteiger partial charge is 0.365 e. The van der Waals surface area contributed by atoms with Crippen LogP contribution in [-0.2, 0) is 10.3 Å². The molecule has 0 saturated heterocycles. The van der Waals surface area contributed by atoms with Crippen molar-refractivity contribution in [2.24, 2.45) is 0 Å². The number of aromatic nitrogens is 2. The van der Waals surface area contributed by atoms with Crippen LogP contribution in [-0.4, -0.2) is 16.1 Å². The molecule has 78 valence electrons. The fourth-order valence-electron chi connectivity index (χ4n) is 1.27. The molecule has 0 aliphatic heterocycles. The van der Waals surface area contributed by atoms with E-state index < -0.39 is 11.5 Å². The van der Waals surface area contributed by atoms with Crippen LogP contribution in [0.15, 0.2) is 12.3 Å². The molecular formula is C10H15FN2O. The maximum atomic E-state index is 12.8. The highest BCUT2D eigenvalue weighted by Crippen LogP contribution is 2.22. The van der Waals surface area contributed by atoms with Gasteiger partial charge in [0.05, 0.1) is 6.10 Å². The lowest BCUT2D eigenvalue weighted by Crippen LogP contribution is -2.28. The summed E-state index contributed by atoms with van der Waals surface area (Å²) in [7, 11) is 0. The Balaban J connectivity index is 2.91. The zero-order valence-corrected chi connectivity index (χ0v) is 8.91. The molecule has 1 heterocycles. The molecule has 0 unspecified atom stereocenters. The van der Waals surface area contributed by atoms with Gasteiger partial charge in [0.2, 0.25) is 5.95 Å². The predicted octanol–water partition coefficient (Wildman–Crippen LogP) is 2.28. The van der Waals surface area contributed by atoms with Crippen LogP contribution in [0.3, 0.4) is 0 Å². The van der Waals surface area contributed by atoms with E-state index >= 15 is 0 Å². The molecule has 0 aliphatic rings. The molecule has 1 aromatic rings. The second kappa shape index (κ2) is 4.00. The van der Waals surface area contributed by atoms with Gasteiger partial charge in [-0.05, 0) is 27.7 Å². The standard InChI is InChI=1S/C10H15FN2O/c1-7(2)14-10(3,4)9-12-6-5-8(11)13-9/h5-7H,1-4H3. The Labute approximate surface area is 83.3 Å². The molecule has 0 aliphatic carbocycles. The fraction of sp³-hybridized carbons (Fsp3) is 0.600. The second-order valence-electron chi connectivity index (χ2n) is 3.88. The van der Waals surface area contributed by atoms with E-state index in [1.54, 1.807) is 0 Å². The summed E-state index contributed by atoms with van der Waals surface area (Å²) in [6, 6.07) is 1.22. The van der Waals surface area contributed by atoms with Gasteiger partial charge in [0.1, 0.15) is 5.60 Å². The van der Waals surface area contributed by atoms with Gasteiger partial charge in [-0.25, -0.2) is 9.97 Å². The second-order valence-corrected chi connectivity index (χ2v) is 3.88. The zero-order valence-electron chi connectivity index (χ0n) is 8.91. The normalized spacial score (nSPS) is 12.1. The molecule has 0 bridgehead atoms. The third kappa shape index (κ3) is 2.73. The summed E-state index contributed by atoms with van der Waals surface area (Å²) in [4.78, 5) is 7.68. The molecule has 3 nitrogen and oxygen atoms in total.